The first-order chi connectivity index (χ1) is 14.3. The number of halogens is 3. The summed E-state index contributed by atoms with van der Waals surface area (Å²) in [5, 5.41) is 0. The van der Waals surface area contributed by atoms with Crippen LogP contribution in [0.4, 0.5) is 13.2 Å². The van der Waals surface area contributed by atoms with Crippen molar-refractivity contribution in [1.29, 1.82) is 0 Å². The minimum absolute atomic E-state index is 0.301. The standard InChI is InChI=1S/C23H20F3NO3/c1-14-12-18(15(2)27(14)11-10-16-6-8-17(24)9-7-16)21(28)13-30-23(29)22-19(25)4-3-5-20(22)26/h3-9,12H,10-11,13H2,1-2H3. The van der Waals surface area contributed by atoms with Gasteiger partial charge in [0.05, 0.1) is 0 Å². The summed E-state index contributed by atoms with van der Waals surface area (Å²) in [6.45, 7) is 3.56. The number of ether oxygens (including phenoxy) is 1. The molecule has 0 unspecified atom stereocenters. The molecule has 0 bridgehead atoms. The Morgan fingerprint density at radius 1 is 0.967 bits per heavy atom. The van der Waals surface area contributed by atoms with E-state index >= 15 is 0 Å². The fraction of sp³-hybridized carbons (Fsp3) is 0.217. The summed E-state index contributed by atoms with van der Waals surface area (Å²) < 4.78 is 47.1. The molecule has 0 amide bonds. The average molecular weight is 415 g/mol. The van der Waals surface area contributed by atoms with Crippen LogP contribution in [-0.4, -0.2) is 22.9 Å². The number of carbonyl (C=O) groups excluding carboxylic acids is 2. The largest absolute Gasteiger partial charge is 0.454 e. The lowest BCUT2D eigenvalue weighted by Gasteiger charge is -2.10. The van der Waals surface area contributed by atoms with E-state index in [1.54, 1.807) is 25.1 Å². The van der Waals surface area contributed by atoms with Gasteiger partial charge in [-0.25, -0.2) is 18.0 Å². The lowest BCUT2D eigenvalue weighted by atomic mass is 10.1. The first kappa shape index (κ1) is 21.4. The third-order valence-corrected chi connectivity index (χ3v) is 4.91. The molecule has 3 rings (SSSR count). The summed E-state index contributed by atoms with van der Waals surface area (Å²) in [7, 11) is 0. The van der Waals surface area contributed by atoms with Crippen LogP contribution in [0.5, 0.6) is 0 Å². The summed E-state index contributed by atoms with van der Waals surface area (Å²) >= 11 is 0. The molecule has 4 nitrogen and oxygen atoms in total. The number of benzene rings is 2. The zero-order valence-corrected chi connectivity index (χ0v) is 16.5. The molecule has 0 saturated carbocycles. The molecule has 3 aromatic rings. The second-order valence-electron chi connectivity index (χ2n) is 6.91. The van der Waals surface area contributed by atoms with Crippen LogP contribution in [0.3, 0.4) is 0 Å². The lowest BCUT2D eigenvalue weighted by molar-refractivity contribution is 0.0465. The maximum absolute atomic E-state index is 13.7. The Kier molecular flexibility index (Phi) is 6.40. The molecule has 1 aromatic heterocycles. The molecule has 30 heavy (non-hydrogen) atoms. The van der Waals surface area contributed by atoms with Gasteiger partial charge in [0.1, 0.15) is 23.0 Å². The van der Waals surface area contributed by atoms with Crippen LogP contribution >= 0.6 is 0 Å². The summed E-state index contributed by atoms with van der Waals surface area (Å²) in [5.74, 6) is -4.10. The second kappa shape index (κ2) is 8.98. The van der Waals surface area contributed by atoms with E-state index in [0.29, 0.717) is 24.2 Å². The smallest absolute Gasteiger partial charge is 0.344 e. The van der Waals surface area contributed by atoms with Crippen molar-refractivity contribution < 1.29 is 27.5 Å². The van der Waals surface area contributed by atoms with Crippen molar-refractivity contribution in [3.8, 4) is 0 Å². The third-order valence-electron chi connectivity index (χ3n) is 4.91. The van der Waals surface area contributed by atoms with E-state index in [9.17, 15) is 22.8 Å². The van der Waals surface area contributed by atoms with Gasteiger partial charge in [-0.15, -0.1) is 0 Å². The SMILES string of the molecule is Cc1cc(C(=O)COC(=O)c2c(F)cccc2F)c(C)n1CCc1ccc(F)cc1. The Bertz CT molecular complexity index is 1070. The first-order valence-corrected chi connectivity index (χ1v) is 9.33. The number of hydrogen-bond donors (Lipinski definition) is 0. The molecule has 0 atom stereocenters. The number of carbonyl (C=O) groups is 2. The van der Waals surface area contributed by atoms with E-state index in [-0.39, 0.29) is 5.82 Å². The highest BCUT2D eigenvalue weighted by atomic mass is 19.1. The molecule has 0 radical (unpaired) electrons. The molecule has 0 aliphatic heterocycles. The molecule has 156 valence electrons. The van der Waals surface area contributed by atoms with Crippen LogP contribution in [0.15, 0.2) is 48.5 Å². The number of aromatic nitrogens is 1. The lowest BCUT2D eigenvalue weighted by Crippen LogP contribution is -2.17. The molecule has 0 aliphatic rings. The Morgan fingerprint density at radius 2 is 1.60 bits per heavy atom. The maximum atomic E-state index is 13.7. The zero-order valence-electron chi connectivity index (χ0n) is 16.5. The van der Waals surface area contributed by atoms with Gasteiger partial charge in [0, 0.05) is 23.5 Å². The Morgan fingerprint density at radius 3 is 2.23 bits per heavy atom. The van der Waals surface area contributed by atoms with E-state index in [4.69, 9.17) is 4.74 Å². The summed E-state index contributed by atoms with van der Waals surface area (Å²) in [5.41, 5.74) is 2.03. The fourth-order valence-electron chi connectivity index (χ4n) is 3.29. The van der Waals surface area contributed by atoms with Crippen LogP contribution in [0, 0.1) is 31.3 Å². The molecule has 0 saturated heterocycles. The zero-order chi connectivity index (χ0) is 21.8. The van der Waals surface area contributed by atoms with E-state index < -0.39 is 35.6 Å². The van der Waals surface area contributed by atoms with E-state index in [2.05, 4.69) is 0 Å². The van der Waals surface area contributed by atoms with Gasteiger partial charge < -0.3 is 9.30 Å². The number of ketones is 1. The fourth-order valence-corrected chi connectivity index (χ4v) is 3.29. The van der Waals surface area contributed by atoms with Crippen molar-refractivity contribution in [3.05, 3.63) is 94.1 Å². The molecular formula is C23H20F3NO3. The third kappa shape index (κ3) is 4.62. The Labute approximate surface area is 171 Å². The molecule has 1 heterocycles. The van der Waals surface area contributed by atoms with E-state index in [1.165, 1.54) is 12.1 Å². The second-order valence-corrected chi connectivity index (χ2v) is 6.91. The predicted molar refractivity (Wildman–Crippen MR) is 105 cm³/mol. The quantitative estimate of drug-likeness (QED) is 0.411. The summed E-state index contributed by atoms with van der Waals surface area (Å²) in [4.78, 5) is 24.5. The van der Waals surface area contributed by atoms with E-state index in [0.717, 1.165) is 29.5 Å². The summed E-state index contributed by atoms with van der Waals surface area (Å²) in [6, 6.07) is 10.9. The number of hydrogen-bond acceptors (Lipinski definition) is 3. The van der Waals surface area contributed by atoms with Gasteiger partial charge in [-0.05, 0) is 56.2 Å². The monoisotopic (exact) mass is 415 g/mol. The number of Topliss-reactive ketones (excluding diaryl/α,β-unsaturated/α-hetero) is 1. The van der Waals surface area contributed by atoms with Gasteiger partial charge in [0.25, 0.3) is 0 Å². The minimum Gasteiger partial charge on any atom is -0.454 e. The normalized spacial score (nSPS) is 10.8. The number of aryl methyl sites for hydroxylation is 2. The highest BCUT2D eigenvalue weighted by Gasteiger charge is 2.21. The van der Waals surface area contributed by atoms with Crippen LogP contribution < -0.4 is 0 Å². The van der Waals surface area contributed by atoms with Crippen molar-refractivity contribution in [2.24, 2.45) is 0 Å². The van der Waals surface area contributed by atoms with Gasteiger partial charge in [0.15, 0.2) is 6.61 Å². The van der Waals surface area contributed by atoms with Crippen molar-refractivity contribution in [3.63, 3.8) is 0 Å². The molecule has 2 aromatic carbocycles. The van der Waals surface area contributed by atoms with Crippen molar-refractivity contribution in [1.82, 2.24) is 4.57 Å². The molecule has 0 spiro atoms. The number of esters is 1. The molecule has 0 aliphatic carbocycles. The van der Waals surface area contributed by atoms with Gasteiger partial charge in [-0.2, -0.15) is 0 Å². The van der Waals surface area contributed by atoms with Gasteiger partial charge in [-0.1, -0.05) is 18.2 Å². The first-order valence-electron chi connectivity index (χ1n) is 9.33. The van der Waals surface area contributed by atoms with Crippen LogP contribution in [0.1, 0.15) is 37.7 Å². The average Bonchev–Trinajstić information content (AvgIpc) is 2.99. The number of nitrogens with zero attached hydrogens (tertiary/aromatic N) is 1. The van der Waals surface area contributed by atoms with Gasteiger partial charge >= 0.3 is 5.97 Å². The van der Waals surface area contributed by atoms with Crippen molar-refractivity contribution in [2.45, 2.75) is 26.8 Å². The van der Waals surface area contributed by atoms with Gasteiger partial charge in [-0.3, -0.25) is 4.79 Å². The van der Waals surface area contributed by atoms with Gasteiger partial charge in [0.2, 0.25) is 5.78 Å². The number of rotatable bonds is 7. The highest BCUT2D eigenvalue weighted by molar-refractivity contribution is 6.00. The maximum Gasteiger partial charge on any atom is 0.344 e. The molecule has 0 fully saturated rings. The molecule has 0 N–H and O–H groups in total. The minimum atomic E-state index is -1.23. The highest BCUT2D eigenvalue weighted by Crippen LogP contribution is 2.18. The summed E-state index contributed by atoms with van der Waals surface area (Å²) in [6.07, 6.45) is 0.645. The van der Waals surface area contributed by atoms with Crippen molar-refractivity contribution in [2.75, 3.05) is 6.61 Å². The topological polar surface area (TPSA) is 48.3 Å². The molecular weight excluding hydrogens is 395 g/mol. The van der Waals surface area contributed by atoms with Crippen LogP contribution in [0.2, 0.25) is 0 Å². The Balaban J connectivity index is 1.67. The van der Waals surface area contributed by atoms with Crippen LogP contribution in [-0.2, 0) is 17.7 Å². The molecule has 7 heteroatoms. The Hall–Kier alpha value is -3.35. The van der Waals surface area contributed by atoms with Crippen molar-refractivity contribution >= 4 is 11.8 Å². The van der Waals surface area contributed by atoms with E-state index in [1.807, 2.05) is 11.5 Å². The van der Waals surface area contributed by atoms with Crippen LogP contribution in [0.25, 0.3) is 0 Å². The predicted octanol–water partition coefficient (Wildman–Crippen LogP) is 4.80.